The third kappa shape index (κ3) is 3.70. The van der Waals surface area contributed by atoms with Crippen molar-refractivity contribution < 1.29 is 8.42 Å². The lowest BCUT2D eigenvalue weighted by molar-refractivity contribution is 0.506. The van der Waals surface area contributed by atoms with E-state index in [1.165, 1.54) is 5.56 Å². The summed E-state index contributed by atoms with van der Waals surface area (Å²) >= 11 is 3.64. The van der Waals surface area contributed by atoms with Gasteiger partial charge in [0.05, 0.1) is 15.8 Å². The minimum atomic E-state index is -2.96. The minimum Gasteiger partial charge on any atom is -0.228 e. The Hall–Kier alpha value is -0.350. The molecular formula is C17H25BrO2S. The summed E-state index contributed by atoms with van der Waals surface area (Å²) in [6.45, 7) is 6.66. The van der Waals surface area contributed by atoms with E-state index in [-0.39, 0.29) is 15.5 Å². The molecule has 2 atom stereocenters. The molecule has 1 fully saturated rings. The fourth-order valence-electron chi connectivity index (χ4n) is 2.84. The first-order valence-electron chi connectivity index (χ1n) is 7.74. The highest BCUT2D eigenvalue weighted by atomic mass is 79.9. The Balaban J connectivity index is 2.22. The Labute approximate surface area is 137 Å². The fourth-order valence-corrected chi connectivity index (χ4v) is 6.36. The van der Waals surface area contributed by atoms with E-state index in [9.17, 15) is 8.42 Å². The number of benzene rings is 1. The summed E-state index contributed by atoms with van der Waals surface area (Å²) in [6.07, 6.45) is 3.66. The summed E-state index contributed by atoms with van der Waals surface area (Å²) in [5.41, 5.74) is 2.54. The minimum absolute atomic E-state index is 0.0958. The molecule has 0 N–H and O–H groups in total. The first-order chi connectivity index (χ1) is 9.78. The van der Waals surface area contributed by atoms with Crippen molar-refractivity contribution in [2.24, 2.45) is 0 Å². The van der Waals surface area contributed by atoms with Crippen molar-refractivity contribution in [3.05, 3.63) is 35.4 Å². The molecule has 0 radical (unpaired) electrons. The molecule has 118 valence electrons. The lowest BCUT2D eigenvalue weighted by atomic mass is 9.82. The molecule has 1 heterocycles. The monoisotopic (exact) mass is 372 g/mol. The van der Waals surface area contributed by atoms with Crippen LogP contribution in [0.15, 0.2) is 24.3 Å². The summed E-state index contributed by atoms with van der Waals surface area (Å²) in [5.74, 6) is 0.334. The van der Waals surface area contributed by atoms with Crippen LogP contribution in [0, 0.1) is 0 Å². The molecule has 2 nitrogen and oxygen atoms in total. The van der Waals surface area contributed by atoms with Crippen molar-refractivity contribution in [1.29, 1.82) is 0 Å². The normalized spacial score (nSPS) is 23.7. The molecule has 2 rings (SSSR count). The van der Waals surface area contributed by atoms with Gasteiger partial charge < -0.3 is 0 Å². The zero-order valence-corrected chi connectivity index (χ0v) is 15.5. The number of halogens is 1. The predicted octanol–water partition coefficient (Wildman–Crippen LogP) is 4.78. The first-order valence-corrected chi connectivity index (χ1v) is 10.4. The molecule has 0 amide bonds. The average Bonchev–Trinajstić information content (AvgIpc) is 2.46. The molecule has 0 aromatic heterocycles. The molecular weight excluding hydrogens is 348 g/mol. The molecule has 2 unspecified atom stereocenters. The maximum absolute atomic E-state index is 12.2. The smallest absolute Gasteiger partial charge is 0.154 e. The molecule has 0 aliphatic carbocycles. The molecule has 4 heteroatoms. The lowest BCUT2D eigenvalue weighted by Crippen LogP contribution is -2.31. The molecule has 1 aliphatic heterocycles. The van der Waals surface area contributed by atoms with Crippen molar-refractivity contribution in [3.63, 3.8) is 0 Å². The van der Waals surface area contributed by atoms with Crippen LogP contribution in [0.5, 0.6) is 0 Å². The lowest BCUT2D eigenvalue weighted by Gasteiger charge is -2.28. The van der Waals surface area contributed by atoms with Gasteiger partial charge in [-0.3, -0.25) is 0 Å². The summed E-state index contributed by atoms with van der Waals surface area (Å²) in [5, 5.41) is -0.281. The summed E-state index contributed by atoms with van der Waals surface area (Å²) in [4.78, 5) is -0.0958. The van der Waals surface area contributed by atoms with Gasteiger partial charge in [-0.15, -0.1) is 0 Å². The summed E-state index contributed by atoms with van der Waals surface area (Å²) < 4.78 is 24.5. The highest BCUT2D eigenvalue weighted by Gasteiger charge is 2.35. The van der Waals surface area contributed by atoms with E-state index in [1.807, 2.05) is 0 Å². The number of alkyl halides is 1. The average molecular weight is 373 g/mol. The highest BCUT2D eigenvalue weighted by Crippen LogP contribution is 2.37. The van der Waals surface area contributed by atoms with Gasteiger partial charge in [0.1, 0.15) is 0 Å². The van der Waals surface area contributed by atoms with Gasteiger partial charge in [-0.05, 0) is 35.8 Å². The molecule has 0 saturated carbocycles. The van der Waals surface area contributed by atoms with E-state index in [0.29, 0.717) is 5.75 Å². The maximum atomic E-state index is 12.2. The molecule has 0 bridgehead atoms. The van der Waals surface area contributed by atoms with Crippen LogP contribution in [0.1, 0.15) is 62.4 Å². The Morgan fingerprint density at radius 2 is 1.86 bits per heavy atom. The van der Waals surface area contributed by atoms with Crippen LogP contribution in [0.25, 0.3) is 0 Å². The number of rotatable bonds is 4. The number of sulfone groups is 1. The SMILES string of the molecule is CCC(C)(C)c1ccc(C(Br)C2CCCCS2(=O)=O)cc1. The van der Waals surface area contributed by atoms with Crippen LogP contribution in [0.3, 0.4) is 0 Å². The molecule has 1 saturated heterocycles. The van der Waals surface area contributed by atoms with Crippen LogP contribution < -0.4 is 0 Å². The van der Waals surface area contributed by atoms with E-state index in [4.69, 9.17) is 0 Å². The molecule has 1 aromatic carbocycles. The van der Waals surface area contributed by atoms with Crippen LogP contribution in [-0.4, -0.2) is 19.4 Å². The fraction of sp³-hybridized carbons (Fsp3) is 0.647. The van der Waals surface area contributed by atoms with Crippen LogP contribution in [-0.2, 0) is 15.3 Å². The molecule has 1 aliphatic rings. The molecule has 21 heavy (non-hydrogen) atoms. The van der Waals surface area contributed by atoms with Gasteiger partial charge >= 0.3 is 0 Å². The van der Waals surface area contributed by atoms with E-state index in [0.717, 1.165) is 31.2 Å². The topological polar surface area (TPSA) is 34.1 Å². The second-order valence-electron chi connectivity index (χ2n) is 6.66. The second-order valence-corrected chi connectivity index (χ2v) is 9.99. The van der Waals surface area contributed by atoms with Gasteiger partial charge in [-0.1, -0.05) is 67.4 Å². The zero-order chi connectivity index (χ0) is 15.7. The van der Waals surface area contributed by atoms with E-state index >= 15 is 0 Å². The van der Waals surface area contributed by atoms with E-state index < -0.39 is 9.84 Å². The number of hydrogen-bond donors (Lipinski definition) is 0. The Kier molecular flexibility index (Phi) is 5.19. The van der Waals surface area contributed by atoms with Crippen LogP contribution in [0.2, 0.25) is 0 Å². The first kappa shape index (κ1) is 17.0. The van der Waals surface area contributed by atoms with Crippen molar-refractivity contribution in [2.75, 3.05) is 5.75 Å². The van der Waals surface area contributed by atoms with Gasteiger partial charge in [-0.25, -0.2) is 8.42 Å². The standard InChI is InChI=1S/C17H25BrO2S/c1-4-17(2,3)14-10-8-13(9-11-14)16(18)15-7-5-6-12-21(15,19)20/h8-11,15-16H,4-7,12H2,1-3H3. The largest absolute Gasteiger partial charge is 0.228 e. The summed E-state index contributed by atoms with van der Waals surface area (Å²) in [7, 11) is -2.96. The van der Waals surface area contributed by atoms with Crippen LogP contribution >= 0.6 is 15.9 Å². The van der Waals surface area contributed by atoms with Crippen molar-refractivity contribution in [2.45, 2.75) is 61.9 Å². The predicted molar refractivity (Wildman–Crippen MR) is 92.9 cm³/mol. The maximum Gasteiger partial charge on any atom is 0.154 e. The van der Waals surface area contributed by atoms with Gasteiger partial charge in [0.2, 0.25) is 0 Å². The quantitative estimate of drug-likeness (QED) is 0.712. The Morgan fingerprint density at radius 1 is 1.24 bits per heavy atom. The third-order valence-electron chi connectivity index (χ3n) is 4.85. The van der Waals surface area contributed by atoms with Crippen molar-refractivity contribution in [3.8, 4) is 0 Å². The van der Waals surface area contributed by atoms with Gasteiger partial charge in [0, 0.05) is 0 Å². The highest BCUT2D eigenvalue weighted by molar-refractivity contribution is 9.09. The van der Waals surface area contributed by atoms with Crippen LogP contribution in [0.4, 0.5) is 0 Å². The van der Waals surface area contributed by atoms with Crippen molar-refractivity contribution >= 4 is 25.8 Å². The summed E-state index contributed by atoms with van der Waals surface area (Å²) in [6, 6.07) is 8.44. The molecule has 0 spiro atoms. The second kappa shape index (κ2) is 6.41. The van der Waals surface area contributed by atoms with E-state index in [1.54, 1.807) is 0 Å². The Morgan fingerprint density at radius 3 is 2.38 bits per heavy atom. The molecule has 1 aromatic rings. The number of hydrogen-bond acceptors (Lipinski definition) is 2. The van der Waals surface area contributed by atoms with E-state index in [2.05, 4.69) is 61.0 Å². The van der Waals surface area contributed by atoms with Crippen molar-refractivity contribution in [1.82, 2.24) is 0 Å². The zero-order valence-electron chi connectivity index (χ0n) is 13.1. The van der Waals surface area contributed by atoms with Gasteiger partial charge in [-0.2, -0.15) is 0 Å². The Bertz CT molecular complexity index is 575. The van der Waals surface area contributed by atoms with Gasteiger partial charge in [0.25, 0.3) is 0 Å². The third-order valence-corrected chi connectivity index (χ3v) is 8.65. The van der Waals surface area contributed by atoms with Gasteiger partial charge in [0.15, 0.2) is 9.84 Å².